The molecule has 0 saturated heterocycles. The summed E-state index contributed by atoms with van der Waals surface area (Å²) >= 11 is 0. The molecule has 0 bridgehead atoms. The van der Waals surface area contributed by atoms with Gasteiger partial charge in [0.2, 0.25) is 6.33 Å². The first-order chi connectivity index (χ1) is 9.54. The minimum absolute atomic E-state index is 0.164. The van der Waals surface area contributed by atoms with Gasteiger partial charge in [-0.05, 0) is 11.8 Å². The lowest BCUT2D eigenvalue weighted by atomic mass is 9.92. The highest BCUT2D eigenvalue weighted by Crippen LogP contribution is 2.30. The van der Waals surface area contributed by atoms with E-state index in [-0.39, 0.29) is 6.61 Å². The second-order valence-corrected chi connectivity index (χ2v) is 5.88. The average Bonchev–Trinajstić information content (AvgIpc) is 2.86. The van der Waals surface area contributed by atoms with Crippen LogP contribution in [-0.2, 0) is 6.54 Å². The Morgan fingerprint density at radius 3 is 2.20 bits per heavy atom. The van der Waals surface area contributed by atoms with Crippen molar-refractivity contribution in [1.29, 1.82) is 0 Å². The molecule has 3 nitrogen and oxygen atoms in total. The van der Waals surface area contributed by atoms with Gasteiger partial charge in [-0.3, -0.25) is 0 Å². The zero-order chi connectivity index (χ0) is 14.7. The van der Waals surface area contributed by atoms with Gasteiger partial charge in [0, 0.05) is 11.1 Å². The maximum atomic E-state index is 9.06. The molecule has 0 aliphatic carbocycles. The van der Waals surface area contributed by atoms with Crippen LogP contribution in [0.4, 0.5) is 0 Å². The summed E-state index contributed by atoms with van der Waals surface area (Å²) < 4.78 is 4.20. The molecule has 1 heterocycles. The van der Waals surface area contributed by atoms with Crippen molar-refractivity contribution in [1.82, 2.24) is 4.57 Å². The van der Waals surface area contributed by atoms with E-state index in [2.05, 4.69) is 63.0 Å². The molecule has 0 radical (unpaired) electrons. The van der Waals surface area contributed by atoms with Crippen LogP contribution in [0.1, 0.15) is 50.7 Å². The fourth-order valence-corrected chi connectivity index (χ4v) is 2.58. The first-order valence-corrected chi connectivity index (χ1v) is 7.35. The molecule has 0 unspecified atom stereocenters. The first-order valence-electron chi connectivity index (χ1n) is 7.35. The Morgan fingerprint density at radius 2 is 1.70 bits per heavy atom. The van der Waals surface area contributed by atoms with Crippen molar-refractivity contribution >= 4 is 0 Å². The highest BCUT2D eigenvalue weighted by molar-refractivity contribution is 5.50. The molecule has 0 fully saturated rings. The molecule has 1 aromatic heterocycles. The van der Waals surface area contributed by atoms with Crippen molar-refractivity contribution in [2.45, 2.75) is 46.1 Å². The third-order valence-corrected chi connectivity index (χ3v) is 3.65. The van der Waals surface area contributed by atoms with E-state index >= 15 is 0 Å². The predicted octanol–water partition coefficient (Wildman–Crippen LogP) is 3.00. The molecule has 2 aromatic rings. The number of benzene rings is 1. The topological polar surface area (TPSA) is 29.0 Å². The predicted molar refractivity (Wildman–Crippen MR) is 81.2 cm³/mol. The van der Waals surface area contributed by atoms with Crippen LogP contribution in [0.15, 0.2) is 36.9 Å². The number of hydrogen-bond acceptors (Lipinski definition) is 1. The van der Waals surface area contributed by atoms with Crippen molar-refractivity contribution < 1.29 is 9.67 Å². The zero-order valence-corrected chi connectivity index (χ0v) is 12.9. The van der Waals surface area contributed by atoms with Gasteiger partial charge in [0.25, 0.3) is 0 Å². The van der Waals surface area contributed by atoms with Crippen molar-refractivity contribution in [3.05, 3.63) is 48.0 Å². The molecule has 1 aromatic carbocycles. The summed E-state index contributed by atoms with van der Waals surface area (Å²) in [5.74, 6) is 0.967. The van der Waals surface area contributed by atoms with Crippen LogP contribution in [0.2, 0.25) is 0 Å². The largest absolute Gasteiger partial charge is 0.392 e. The van der Waals surface area contributed by atoms with Crippen molar-refractivity contribution in [3.63, 3.8) is 0 Å². The van der Waals surface area contributed by atoms with Gasteiger partial charge >= 0.3 is 0 Å². The van der Waals surface area contributed by atoms with Crippen molar-refractivity contribution in [2.75, 3.05) is 6.61 Å². The lowest BCUT2D eigenvalue weighted by Crippen LogP contribution is -2.32. The van der Waals surface area contributed by atoms with E-state index < -0.39 is 0 Å². The van der Waals surface area contributed by atoms with E-state index in [4.69, 9.17) is 5.11 Å². The monoisotopic (exact) mass is 273 g/mol. The fraction of sp³-hybridized carbons (Fsp3) is 0.471. The van der Waals surface area contributed by atoms with Crippen LogP contribution in [0.5, 0.6) is 0 Å². The SMILES string of the molecule is CC(C)c1cccc(C(C)C)c1-n1cc[n+](CCO)c1. The van der Waals surface area contributed by atoms with Crippen LogP contribution in [0, 0.1) is 0 Å². The van der Waals surface area contributed by atoms with Gasteiger partial charge in [-0.25, -0.2) is 9.13 Å². The normalized spacial score (nSPS) is 11.6. The Balaban J connectivity index is 2.56. The van der Waals surface area contributed by atoms with Gasteiger partial charge in [-0.2, -0.15) is 0 Å². The summed E-state index contributed by atoms with van der Waals surface area (Å²) in [6.45, 7) is 9.72. The van der Waals surface area contributed by atoms with E-state index in [1.165, 1.54) is 16.8 Å². The second kappa shape index (κ2) is 6.23. The van der Waals surface area contributed by atoms with Gasteiger partial charge in [-0.15, -0.1) is 0 Å². The number of hydrogen-bond donors (Lipinski definition) is 1. The molecule has 0 spiro atoms. The van der Waals surface area contributed by atoms with Gasteiger partial charge in [0.05, 0.1) is 6.61 Å². The molecule has 0 aliphatic heterocycles. The van der Waals surface area contributed by atoms with Crippen LogP contribution < -0.4 is 4.57 Å². The summed E-state index contributed by atoms with van der Waals surface area (Å²) in [5.41, 5.74) is 4.01. The maximum absolute atomic E-state index is 9.06. The van der Waals surface area contributed by atoms with Gasteiger partial charge in [0.15, 0.2) is 0 Å². The molecule has 108 valence electrons. The van der Waals surface area contributed by atoms with Crippen LogP contribution in [-0.4, -0.2) is 16.3 Å². The standard InChI is InChI=1S/C17H25N2O/c1-13(2)15-6-5-7-16(14(3)4)17(15)19-9-8-18(12-19)10-11-20/h5-9,12-14,20H,10-11H2,1-4H3/q+1. The van der Waals surface area contributed by atoms with E-state index in [0.717, 1.165) is 0 Å². The zero-order valence-electron chi connectivity index (χ0n) is 12.9. The molecule has 0 amide bonds. The summed E-state index contributed by atoms with van der Waals surface area (Å²) in [6.07, 6.45) is 6.14. The Labute approximate surface area is 121 Å². The van der Waals surface area contributed by atoms with Crippen LogP contribution in [0.3, 0.4) is 0 Å². The van der Waals surface area contributed by atoms with E-state index in [1.807, 2.05) is 10.8 Å². The number of aromatic nitrogens is 2. The number of aliphatic hydroxyl groups is 1. The van der Waals surface area contributed by atoms with Crippen molar-refractivity contribution in [3.8, 4) is 5.69 Å². The molecule has 0 aliphatic rings. The quantitative estimate of drug-likeness (QED) is 0.834. The second-order valence-electron chi connectivity index (χ2n) is 5.88. The lowest BCUT2D eigenvalue weighted by Gasteiger charge is -2.16. The number of nitrogens with zero attached hydrogens (tertiary/aromatic N) is 2. The van der Waals surface area contributed by atoms with E-state index in [9.17, 15) is 0 Å². The Hall–Kier alpha value is -1.61. The minimum atomic E-state index is 0.164. The molecule has 2 rings (SSSR count). The van der Waals surface area contributed by atoms with Gasteiger partial charge < -0.3 is 5.11 Å². The molecule has 3 heteroatoms. The molecule has 20 heavy (non-hydrogen) atoms. The van der Waals surface area contributed by atoms with Gasteiger partial charge in [-0.1, -0.05) is 45.9 Å². The first kappa shape index (κ1) is 14.8. The van der Waals surface area contributed by atoms with Crippen LogP contribution in [0.25, 0.3) is 5.69 Å². The maximum Gasteiger partial charge on any atom is 0.249 e. The molecular weight excluding hydrogens is 248 g/mol. The average molecular weight is 273 g/mol. The summed E-state index contributed by atoms with van der Waals surface area (Å²) in [5, 5.41) is 9.06. The van der Waals surface area contributed by atoms with Gasteiger partial charge in [0.1, 0.15) is 24.6 Å². The van der Waals surface area contributed by atoms with Crippen molar-refractivity contribution in [2.24, 2.45) is 0 Å². The Bertz CT molecular complexity index is 544. The smallest absolute Gasteiger partial charge is 0.249 e. The van der Waals surface area contributed by atoms with Crippen LogP contribution >= 0.6 is 0 Å². The molecule has 0 saturated carbocycles. The highest BCUT2D eigenvalue weighted by Gasteiger charge is 2.19. The van der Waals surface area contributed by atoms with E-state index in [1.54, 1.807) is 0 Å². The summed E-state index contributed by atoms with van der Waals surface area (Å²) in [4.78, 5) is 0. The summed E-state index contributed by atoms with van der Waals surface area (Å²) in [6, 6.07) is 6.57. The lowest BCUT2D eigenvalue weighted by molar-refractivity contribution is -0.697. The Kier molecular flexibility index (Phi) is 4.61. The third-order valence-electron chi connectivity index (χ3n) is 3.65. The number of para-hydroxylation sites is 1. The number of aliphatic hydroxyl groups excluding tert-OH is 1. The highest BCUT2D eigenvalue weighted by atomic mass is 16.3. The number of rotatable bonds is 5. The summed E-state index contributed by atoms with van der Waals surface area (Å²) in [7, 11) is 0. The third kappa shape index (κ3) is 2.93. The Morgan fingerprint density at radius 1 is 1.10 bits per heavy atom. The van der Waals surface area contributed by atoms with E-state index in [0.29, 0.717) is 18.4 Å². The molecule has 0 atom stereocenters. The fourth-order valence-electron chi connectivity index (χ4n) is 2.58. The number of imidazole rings is 1. The minimum Gasteiger partial charge on any atom is -0.392 e. The molecule has 1 N–H and O–H groups in total. The molecular formula is C17H25N2O+.